The number of nitrogens with one attached hydrogen (secondary N) is 1. The summed E-state index contributed by atoms with van der Waals surface area (Å²) in [5.74, 6) is 0. The van der Waals surface area contributed by atoms with Crippen molar-refractivity contribution in [3.63, 3.8) is 0 Å². The van der Waals surface area contributed by atoms with E-state index >= 15 is 0 Å². The molecule has 2 nitrogen and oxygen atoms in total. The number of hydrogen-bond acceptors (Lipinski definition) is 2. The van der Waals surface area contributed by atoms with Gasteiger partial charge >= 0.3 is 0 Å². The van der Waals surface area contributed by atoms with Crippen LogP contribution in [-0.2, 0) is 0 Å². The van der Waals surface area contributed by atoms with Crippen molar-refractivity contribution in [3.05, 3.63) is 29.8 Å². The zero-order valence-electron chi connectivity index (χ0n) is 11.2. The number of benzene rings is 1. The van der Waals surface area contributed by atoms with Crippen molar-refractivity contribution in [2.75, 3.05) is 5.32 Å². The van der Waals surface area contributed by atoms with Crippen LogP contribution in [0.5, 0.6) is 0 Å². The highest BCUT2D eigenvalue weighted by atomic mass is 32.1. The predicted molar refractivity (Wildman–Crippen MR) is 82.0 cm³/mol. The summed E-state index contributed by atoms with van der Waals surface area (Å²) >= 11 is 5.09. The molecule has 1 aliphatic carbocycles. The Labute approximate surface area is 115 Å². The van der Waals surface area contributed by atoms with E-state index in [-0.39, 0.29) is 0 Å². The molecule has 0 saturated heterocycles. The van der Waals surface area contributed by atoms with Crippen molar-refractivity contribution in [1.29, 1.82) is 0 Å². The van der Waals surface area contributed by atoms with Crippen molar-refractivity contribution in [2.24, 2.45) is 11.1 Å². The molecule has 3 heteroatoms. The van der Waals surface area contributed by atoms with Gasteiger partial charge in [-0.1, -0.05) is 38.2 Å². The van der Waals surface area contributed by atoms with Crippen molar-refractivity contribution < 1.29 is 0 Å². The third-order valence-electron chi connectivity index (χ3n) is 3.89. The van der Waals surface area contributed by atoms with Gasteiger partial charge in [-0.2, -0.15) is 0 Å². The molecule has 0 unspecified atom stereocenters. The minimum absolute atomic E-state index is 0.467. The Kier molecular flexibility index (Phi) is 3.91. The molecule has 0 bridgehead atoms. The number of para-hydroxylation sites is 1. The third kappa shape index (κ3) is 3.22. The minimum atomic E-state index is 0.467. The van der Waals surface area contributed by atoms with Crippen LogP contribution in [0.25, 0.3) is 0 Å². The number of hydrogen-bond donors (Lipinski definition) is 2. The molecular formula is C15H22N2S. The topological polar surface area (TPSA) is 38.0 Å². The van der Waals surface area contributed by atoms with Gasteiger partial charge in [0.1, 0.15) is 4.99 Å². The first-order chi connectivity index (χ1) is 8.48. The summed E-state index contributed by atoms with van der Waals surface area (Å²) in [6.07, 6.45) is 5.00. The van der Waals surface area contributed by atoms with Crippen molar-refractivity contribution >= 4 is 22.9 Å². The Morgan fingerprint density at radius 1 is 1.28 bits per heavy atom. The fourth-order valence-corrected chi connectivity index (χ4v) is 2.77. The minimum Gasteiger partial charge on any atom is -0.389 e. The van der Waals surface area contributed by atoms with E-state index in [2.05, 4.69) is 25.2 Å². The number of thiocarbonyl (C=S) groups is 1. The van der Waals surface area contributed by atoms with Gasteiger partial charge in [0.05, 0.1) is 0 Å². The lowest BCUT2D eigenvalue weighted by Crippen LogP contribution is -2.30. The van der Waals surface area contributed by atoms with Crippen LogP contribution in [0.2, 0.25) is 0 Å². The number of anilines is 1. The van der Waals surface area contributed by atoms with E-state index in [1.807, 2.05) is 18.2 Å². The second-order valence-corrected chi connectivity index (χ2v) is 6.43. The summed E-state index contributed by atoms with van der Waals surface area (Å²) in [7, 11) is 0. The van der Waals surface area contributed by atoms with Crippen LogP contribution in [0.4, 0.5) is 5.69 Å². The first-order valence-corrected chi connectivity index (χ1v) is 7.04. The van der Waals surface area contributed by atoms with Gasteiger partial charge in [-0.3, -0.25) is 0 Å². The Bertz CT molecular complexity index is 430. The fraction of sp³-hybridized carbons (Fsp3) is 0.533. The standard InChI is InChI=1S/C15H22N2S/c1-15(2)9-7-11(8-10-15)17-13-6-4-3-5-12(13)14(16)18/h3-6,11,17H,7-10H2,1-2H3,(H2,16,18). The van der Waals surface area contributed by atoms with Gasteiger partial charge in [0.15, 0.2) is 0 Å². The van der Waals surface area contributed by atoms with Crippen LogP contribution in [0.1, 0.15) is 45.1 Å². The molecule has 0 aromatic heterocycles. The van der Waals surface area contributed by atoms with Crippen LogP contribution < -0.4 is 11.1 Å². The zero-order valence-corrected chi connectivity index (χ0v) is 12.0. The van der Waals surface area contributed by atoms with E-state index in [0.717, 1.165) is 11.3 Å². The molecule has 2 rings (SSSR count). The van der Waals surface area contributed by atoms with Gasteiger partial charge in [0.2, 0.25) is 0 Å². The van der Waals surface area contributed by atoms with Gasteiger partial charge in [-0.25, -0.2) is 0 Å². The molecule has 1 aliphatic rings. The SMILES string of the molecule is CC1(C)CCC(Nc2ccccc2C(N)=S)CC1. The van der Waals surface area contributed by atoms with Crippen LogP contribution in [-0.4, -0.2) is 11.0 Å². The Morgan fingerprint density at radius 2 is 1.89 bits per heavy atom. The van der Waals surface area contributed by atoms with Crippen molar-refractivity contribution in [1.82, 2.24) is 0 Å². The van der Waals surface area contributed by atoms with E-state index < -0.39 is 0 Å². The van der Waals surface area contributed by atoms with Crippen molar-refractivity contribution in [2.45, 2.75) is 45.6 Å². The smallest absolute Gasteiger partial charge is 0.106 e. The summed E-state index contributed by atoms with van der Waals surface area (Å²) < 4.78 is 0. The highest BCUT2D eigenvalue weighted by molar-refractivity contribution is 7.80. The average molecular weight is 262 g/mol. The normalized spacial score (nSPS) is 19.4. The summed E-state index contributed by atoms with van der Waals surface area (Å²) in [5, 5.41) is 3.60. The molecule has 0 spiro atoms. The summed E-state index contributed by atoms with van der Waals surface area (Å²) in [6.45, 7) is 4.71. The summed E-state index contributed by atoms with van der Waals surface area (Å²) in [4.78, 5) is 0.467. The molecule has 0 amide bonds. The van der Waals surface area contributed by atoms with Gasteiger partial charge in [-0.05, 0) is 43.2 Å². The summed E-state index contributed by atoms with van der Waals surface area (Å²) in [6, 6.07) is 8.60. The largest absolute Gasteiger partial charge is 0.389 e. The van der Waals surface area contributed by atoms with Crippen LogP contribution in [0.15, 0.2) is 24.3 Å². The monoisotopic (exact) mass is 262 g/mol. The Balaban J connectivity index is 2.04. The molecule has 1 fully saturated rings. The van der Waals surface area contributed by atoms with Crippen LogP contribution >= 0.6 is 12.2 Å². The Hall–Kier alpha value is -1.09. The van der Waals surface area contributed by atoms with E-state index in [0.29, 0.717) is 16.4 Å². The number of nitrogens with two attached hydrogens (primary N) is 1. The zero-order chi connectivity index (χ0) is 13.2. The van der Waals surface area contributed by atoms with Crippen LogP contribution in [0.3, 0.4) is 0 Å². The highest BCUT2D eigenvalue weighted by Crippen LogP contribution is 2.36. The molecule has 0 atom stereocenters. The van der Waals surface area contributed by atoms with E-state index in [1.165, 1.54) is 25.7 Å². The predicted octanol–water partition coefficient (Wildman–Crippen LogP) is 3.70. The molecule has 1 saturated carbocycles. The quantitative estimate of drug-likeness (QED) is 0.816. The molecule has 1 aromatic carbocycles. The van der Waals surface area contributed by atoms with Gasteiger partial charge in [-0.15, -0.1) is 0 Å². The molecule has 0 radical (unpaired) electrons. The molecule has 18 heavy (non-hydrogen) atoms. The lowest BCUT2D eigenvalue weighted by Gasteiger charge is -2.35. The maximum Gasteiger partial charge on any atom is 0.106 e. The summed E-state index contributed by atoms with van der Waals surface area (Å²) in [5.41, 5.74) is 8.29. The van der Waals surface area contributed by atoms with E-state index in [9.17, 15) is 0 Å². The molecule has 3 N–H and O–H groups in total. The highest BCUT2D eigenvalue weighted by Gasteiger charge is 2.26. The van der Waals surface area contributed by atoms with Crippen molar-refractivity contribution in [3.8, 4) is 0 Å². The molecule has 0 aliphatic heterocycles. The van der Waals surface area contributed by atoms with Gasteiger partial charge in [0, 0.05) is 17.3 Å². The molecule has 98 valence electrons. The third-order valence-corrected chi connectivity index (χ3v) is 4.11. The van der Waals surface area contributed by atoms with E-state index in [4.69, 9.17) is 18.0 Å². The van der Waals surface area contributed by atoms with Gasteiger partial charge < -0.3 is 11.1 Å². The number of rotatable bonds is 3. The first-order valence-electron chi connectivity index (χ1n) is 6.63. The maximum absolute atomic E-state index is 5.75. The second kappa shape index (κ2) is 5.27. The second-order valence-electron chi connectivity index (χ2n) is 5.99. The lowest BCUT2D eigenvalue weighted by atomic mass is 9.75. The molecule has 1 aromatic rings. The lowest BCUT2D eigenvalue weighted by molar-refractivity contribution is 0.232. The first kappa shape index (κ1) is 13.3. The Morgan fingerprint density at radius 3 is 2.50 bits per heavy atom. The molecular weight excluding hydrogens is 240 g/mol. The van der Waals surface area contributed by atoms with E-state index in [1.54, 1.807) is 0 Å². The maximum atomic E-state index is 5.75. The van der Waals surface area contributed by atoms with Gasteiger partial charge in [0.25, 0.3) is 0 Å². The fourth-order valence-electron chi connectivity index (χ4n) is 2.59. The van der Waals surface area contributed by atoms with Crippen LogP contribution in [0, 0.1) is 5.41 Å². The average Bonchev–Trinajstić information content (AvgIpc) is 2.32. The molecule has 0 heterocycles.